The van der Waals surface area contributed by atoms with Gasteiger partial charge in [0.15, 0.2) is 11.0 Å². The third kappa shape index (κ3) is 1.08. The molecule has 2 nitrogen and oxygen atoms in total. The van der Waals surface area contributed by atoms with Crippen LogP contribution in [-0.4, -0.2) is 4.40 Å². The highest BCUT2D eigenvalue weighted by molar-refractivity contribution is 5.75. The first-order valence-corrected chi connectivity index (χ1v) is 5.13. The number of benzene rings is 1. The number of hydrogen-bond acceptors (Lipinski definition) is 0. The number of para-hydroxylation sites is 2. The van der Waals surface area contributed by atoms with Gasteiger partial charge in [-0.15, -0.1) is 0 Å². The van der Waals surface area contributed by atoms with E-state index in [2.05, 4.69) is 65.5 Å². The monoisotopic (exact) mass is 197 g/mol. The van der Waals surface area contributed by atoms with E-state index in [0.29, 0.717) is 0 Å². The Hall–Kier alpha value is -1.83. The quantitative estimate of drug-likeness (QED) is 0.488. The summed E-state index contributed by atoms with van der Waals surface area (Å²) in [6.45, 7) is 2.12. The van der Waals surface area contributed by atoms with E-state index in [1.165, 1.54) is 22.2 Å². The summed E-state index contributed by atoms with van der Waals surface area (Å²) in [5.41, 5.74) is 5.05. The second-order valence-electron chi connectivity index (χ2n) is 3.98. The van der Waals surface area contributed by atoms with Crippen LogP contribution in [0.5, 0.6) is 0 Å². The van der Waals surface area contributed by atoms with E-state index in [-0.39, 0.29) is 0 Å². The predicted molar refractivity (Wildman–Crippen MR) is 60.8 cm³/mol. The van der Waals surface area contributed by atoms with E-state index in [0.717, 1.165) is 0 Å². The molecule has 1 aromatic carbocycles. The Kier molecular flexibility index (Phi) is 1.60. The molecule has 15 heavy (non-hydrogen) atoms. The molecule has 0 aliphatic rings. The zero-order valence-electron chi connectivity index (χ0n) is 8.94. The van der Waals surface area contributed by atoms with Gasteiger partial charge in [0, 0.05) is 6.07 Å². The van der Waals surface area contributed by atoms with Gasteiger partial charge in [0.1, 0.15) is 0 Å². The maximum absolute atomic E-state index is 2.22. The number of aromatic nitrogens is 2. The molecule has 0 fully saturated rings. The lowest BCUT2D eigenvalue weighted by atomic mass is 10.3. The van der Waals surface area contributed by atoms with E-state index in [9.17, 15) is 0 Å². The number of aryl methyl sites for hydroxylation is 2. The Bertz CT molecular complexity index is 650. The highest BCUT2D eigenvalue weighted by Crippen LogP contribution is 2.14. The lowest BCUT2D eigenvalue weighted by Gasteiger charge is -1.90. The van der Waals surface area contributed by atoms with Gasteiger partial charge in [-0.3, -0.25) is 0 Å². The number of nitrogens with zero attached hydrogens (tertiary/aromatic N) is 2. The Morgan fingerprint density at radius 2 is 1.93 bits per heavy atom. The van der Waals surface area contributed by atoms with E-state index in [1.54, 1.807) is 0 Å². The Labute approximate surface area is 88.4 Å². The lowest BCUT2D eigenvalue weighted by molar-refractivity contribution is -0.618. The van der Waals surface area contributed by atoms with Gasteiger partial charge in [0.05, 0.1) is 13.2 Å². The summed E-state index contributed by atoms with van der Waals surface area (Å²) in [5, 5.41) is 0. The number of imidazole rings is 1. The smallest absolute Gasteiger partial charge is 0.226 e. The number of pyridine rings is 1. The molecule has 0 atom stereocenters. The van der Waals surface area contributed by atoms with Crippen molar-refractivity contribution in [2.75, 3.05) is 0 Å². The average molecular weight is 197 g/mol. The van der Waals surface area contributed by atoms with Crippen molar-refractivity contribution in [1.82, 2.24) is 4.40 Å². The van der Waals surface area contributed by atoms with Crippen LogP contribution in [0.25, 0.3) is 16.7 Å². The van der Waals surface area contributed by atoms with Crippen LogP contribution >= 0.6 is 0 Å². The lowest BCUT2D eigenvalue weighted by Crippen LogP contribution is -2.27. The molecule has 0 aliphatic carbocycles. The maximum Gasteiger partial charge on any atom is 0.287 e. The van der Waals surface area contributed by atoms with Crippen molar-refractivity contribution in [2.24, 2.45) is 7.05 Å². The molecule has 74 valence electrons. The van der Waals surface area contributed by atoms with Crippen LogP contribution in [-0.2, 0) is 7.05 Å². The summed E-state index contributed by atoms with van der Waals surface area (Å²) < 4.78 is 4.45. The predicted octanol–water partition coefficient (Wildman–Crippen LogP) is 2.23. The fourth-order valence-corrected chi connectivity index (χ4v) is 2.13. The molecular formula is C13H13N2+. The highest BCUT2D eigenvalue weighted by atomic mass is 15.1. The summed E-state index contributed by atoms with van der Waals surface area (Å²) in [6.07, 6.45) is 2.13. The highest BCUT2D eigenvalue weighted by Gasteiger charge is 2.14. The molecule has 0 amide bonds. The molecule has 0 aliphatic heterocycles. The molecule has 0 saturated carbocycles. The number of hydrogen-bond donors (Lipinski definition) is 0. The summed E-state index contributed by atoms with van der Waals surface area (Å²) >= 11 is 0. The van der Waals surface area contributed by atoms with Crippen LogP contribution in [0.1, 0.15) is 5.56 Å². The molecule has 0 bridgehead atoms. The first kappa shape index (κ1) is 8.48. The van der Waals surface area contributed by atoms with Gasteiger partial charge >= 0.3 is 0 Å². The van der Waals surface area contributed by atoms with Crippen LogP contribution in [0.3, 0.4) is 0 Å². The Morgan fingerprint density at radius 1 is 1.13 bits per heavy atom. The topological polar surface area (TPSA) is 8.29 Å². The van der Waals surface area contributed by atoms with E-state index in [4.69, 9.17) is 0 Å². The normalized spacial score (nSPS) is 11.3. The summed E-state index contributed by atoms with van der Waals surface area (Å²) in [5.74, 6) is 0. The van der Waals surface area contributed by atoms with Crippen LogP contribution in [0, 0.1) is 6.92 Å². The van der Waals surface area contributed by atoms with Crippen molar-refractivity contribution in [2.45, 2.75) is 6.92 Å². The molecular weight excluding hydrogens is 184 g/mol. The number of fused-ring (bicyclic) bond motifs is 3. The largest absolute Gasteiger partial charge is 0.287 e. The zero-order chi connectivity index (χ0) is 10.4. The van der Waals surface area contributed by atoms with Crippen molar-refractivity contribution in [3.63, 3.8) is 0 Å². The third-order valence-corrected chi connectivity index (χ3v) is 2.94. The molecule has 0 spiro atoms. The standard InChI is InChI=1S/C13H13N2/c1-10-7-8-15-12-6-4-3-5-11(12)14(2)13(15)9-10/h3-9H,1-2H3/q+1. The Balaban J connectivity index is 2.63. The second kappa shape index (κ2) is 2.83. The zero-order valence-corrected chi connectivity index (χ0v) is 8.94. The summed E-state index contributed by atoms with van der Waals surface area (Å²) in [6, 6.07) is 12.8. The minimum absolute atomic E-state index is 1.23. The molecule has 2 aromatic heterocycles. The van der Waals surface area contributed by atoms with Gasteiger partial charge in [-0.1, -0.05) is 12.1 Å². The van der Waals surface area contributed by atoms with Crippen LogP contribution in [0.15, 0.2) is 42.6 Å². The first-order chi connectivity index (χ1) is 7.27. The van der Waals surface area contributed by atoms with Gasteiger partial charge in [0.2, 0.25) is 0 Å². The van der Waals surface area contributed by atoms with E-state index in [1.807, 2.05) is 0 Å². The van der Waals surface area contributed by atoms with Crippen molar-refractivity contribution >= 4 is 16.7 Å². The van der Waals surface area contributed by atoms with E-state index >= 15 is 0 Å². The van der Waals surface area contributed by atoms with Crippen molar-refractivity contribution in [3.05, 3.63) is 48.2 Å². The Morgan fingerprint density at radius 3 is 2.80 bits per heavy atom. The van der Waals surface area contributed by atoms with Crippen molar-refractivity contribution in [1.29, 1.82) is 0 Å². The van der Waals surface area contributed by atoms with E-state index < -0.39 is 0 Å². The van der Waals surface area contributed by atoms with Crippen LogP contribution < -0.4 is 4.57 Å². The minimum atomic E-state index is 1.23. The molecule has 2 heteroatoms. The SMILES string of the molecule is Cc1ccn2c3ccccc3[n+](C)c2c1. The fraction of sp³-hybridized carbons (Fsp3) is 0.154. The van der Waals surface area contributed by atoms with Gasteiger partial charge in [-0.05, 0) is 30.7 Å². The summed E-state index contributed by atoms with van der Waals surface area (Å²) in [7, 11) is 2.11. The first-order valence-electron chi connectivity index (χ1n) is 5.13. The fourth-order valence-electron chi connectivity index (χ4n) is 2.13. The van der Waals surface area contributed by atoms with Crippen molar-refractivity contribution < 1.29 is 4.57 Å². The third-order valence-electron chi connectivity index (χ3n) is 2.94. The van der Waals surface area contributed by atoms with Gasteiger partial charge in [0.25, 0.3) is 5.65 Å². The van der Waals surface area contributed by atoms with Gasteiger partial charge < -0.3 is 0 Å². The minimum Gasteiger partial charge on any atom is -0.226 e. The van der Waals surface area contributed by atoms with Crippen LogP contribution in [0.4, 0.5) is 0 Å². The molecule has 3 rings (SSSR count). The van der Waals surface area contributed by atoms with Crippen molar-refractivity contribution in [3.8, 4) is 0 Å². The molecule has 0 unspecified atom stereocenters. The number of rotatable bonds is 0. The average Bonchev–Trinajstić information content (AvgIpc) is 2.54. The summed E-state index contributed by atoms with van der Waals surface area (Å²) in [4.78, 5) is 0. The molecule has 0 N–H and O–H groups in total. The molecule has 2 heterocycles. The second-order valence-corrected chi connectivity index (χ2v) is 3.98. The van der Waals surface area contributed by atoms with Gasteiger partial charge in [-0.25, -0.2) is 4.57 Å². The molecule has 3 aromatic rings. The molecule has 0 saturated heterocycles. The molecule has 0 radical (unpaired) electrons. The maximum atomic E-state index is 2.22. The van der Waals surface area contributed by atoms with Gasteiger partial charge in [-0.2, -0.15) is 4.40 Å². The van der Waals surface area contributed by atoms with Crippen LogP contribution in [0.2, 0.25) is 0 Å².